The highest BCUT2D eigenvalue weighted by Crippen LogP contribution is 2.68. The number of rotatable bonds is 6. The van der Waals surface area contributed by atoms with Gasteiger partial charge in [-0.2, -0.15) is 0 Å². The first kappa shape index (κ1) is 22.7. The fourth-order valence-electron chi connectivity index (χ4n) is 5.17. The molecule has 0 radical (unpaired) electrons. The quantitative estimate of drug-likeness (QED) is 0.724. The first-order valence-corrected chi connectivity index (χ1v) is 12.4. The van der Waals surface area contributed by atoms with Crippen LogP contribution in [0.1, 0.15) is 62.0 Å². The van der Waals surface area contributed by atoms with E-state index in [1.54, 1.807) is 11.3 Å². The summed E-state index contributed by atoms with van der Waals surface area (Å²) in [6.07, 6.45) is 1.84. The maximum Gasteiger partial charge on any atom is 0.270 e. The van der Waals surface area contributed by atoms with Crippen LogP contribution < -0.4 is 5.32 Å². The molecule has 1 N–H and O–H groups in total. The Labute approximate surface area is 189 Å². The van der Waals surface area contributed by atoms with Crippen molar-refractivity contribution in [2.24, 2.45) is 16.7 Å². The topological polar surface area (TPSA) is 74.8 Å². The molecule has 8 heteroatoms. The Morgan fingerprint density at radius 2 is 1.77 bits per heavy atom. The van der Waals surface area contributed by atoms with Crippen LogP contribution in [-0.2, 0) is 9.53 Å². The van der Waals surface area contributed by atoms with E-state index >= 15 is 0 Å². The third-order valence-corrected chi connectivity index (χ3v) is 9.00. The van der Waals surface area contributed by atoms with Crippen molar-refractivity contribution in [3.63, 3.8) is 0 Å². The summed E-state index contributed by atoms with van der Waals surface area (Å²) in [4.78, 5) is 34.4. The Bertz CT molecular complexity index is 793. The van der Waals surface area contributed by atoms with E-state index in [9.17, 15) is 9.59 Å². The molecule has 1 aliphatic carbocycles. The molecule has 1 saturated carbocycles. The average molecular weight is 449 g/mol. The van der Waals surface area contributed by atoms with Gasteiger partial charge in [-0.15, -0.1) is 11.3 Å². The SMILES string of the molecule is CC1(C)C(C(=O)N2CCC(c3nc(C(=O)NCCN4CCOCC4)cs3)CC2)C1(C)C. The molecule has 4 rings (SSSR count). The van der Waals surface area contributed by atoms with E-state index in [2.05, 4.69) is 42.9 Å². The molecule has 0 bridgehead atoms. The molecule has 2 amide bonds. The van der Waals surface area contributed by atoms with Gasteiger partial charge in [0.15, 0.2) is 0 Å². The van der Waals surface area contributed by atoms with Crippen molar-refractivity contribution in [3.8, 4) is 0 Å². The lowest BCUT2D eigenvalue weighted by atomic mass is 9.96. The largest absolute Gasteiger partial charge is 0.379 e. The van der Waals surface area contributed by atoms with Crippen molar-refractivity contribution < 1.29 is 14.3 Å². The van der Waals surface area contributed by atoms with Crippen molar-refractivity contribution >= 4 is 23.2 Å². The summed E-state index contributed by atoms with van der Waals surface area (Å²) in [5, 5.41) is 5.88. The van der Waals surface area contributed by atoms with E-state index in [4.69, 9.17) is 4.74 Å². The van der Waals surface area contributed by atoms with Crippen LogP contribution in [0.4, 0.5) is 0 Å². The van der Waals surface area contributed by atoms with E-state index in [-0.39, 0.29) is 22.7 Å². The van der Waals surface area contributed by atoms with Gasteiger partial charge in [0.05, 0.1) is 18.2 Å². The predicted octanol–water partition coefficient (Wildman–Crippen LogP) is 2.59. The fraction of sp³-hybridized carbons (Fsp3) is 0.783. The van der Waals surface area contributed by atoms with Crippen LogP contribution in [-0.4, -0.2) is 79.1 Å². The second-order valence-electron chi connectivity index (χ2n) is 10.3. The first-order valence-electron chi connectivity index (χ1n) is 11.5. The monoisotopic (exact) mass is 448 g/mol. The van der Waals surface area contributed by atoms with Gasteiger partial charge in [0.2, 0.25) is 5.91 Å². The number of morpholine rings is 1. The van der Waals surface area contributed by atoms with Gasteiger partial charge >= 0.3 is 0 Å². The number of likely N-dealkylation sites (tertiary alicyclic amines) is 1. The number of amides is 2. The van der Waals surface area contributed by atoms with Crippen LogP contribution in [0, 0.1) is 16.7 Å². The second-order valence-corrected chi connectivity index (χ2v) is 11.1. The fourth-order valence-corrected chi connectivity index (χ4v) is 6.14. The maximum absolute atomic E-state index is 13.0. The molecule has 7 nitrogen and oxygen atoms in total. The number of carbonyl (C=O) groups excluding carboxylic acids is 2. The van der Waals surface area contributed by atoms with Crippen LogP contribution >= 0.6 is 11.3 Å². The lowest BCUT2D eigenvalue weighted by Gasteiger charge is -2.31. The van der Waals surface area contributed by atoms with E-state index < -0.39 is 0 Å². The summed E-state index contributed by atoms with van der Waals surface area (Å²) in [6.45, 7) is 15.2. The zero-order chi connectivity index (χ0) is 22.2. The van der Waals surface area contributed by atoms with Crippen LogP contribution in [0.2, 0.25) is 0 Å². The van der Waals surface area contributed by atoms with Crippen molar-refractivity contribution in [3.05, 3.63) is 16.1 Å². The predicted molar refractivity (Wildman–Crippen MR) is 121 cm³/mol. The number of ether oxygens (including phenoxy) is 1. The Morgan fingerprint density at radius 3 is 2.39 bits per heavy atom. The van der Waals surface area contributed by atoms with Crippen molar-refractivity contribution in [2.45, 2.75) is 46.5 Å². The molecule has 3 aliphatic rings. The maximum atomic E-state index is 13.0. The molecule has 2 saturated heterocycles. The molecular formula is C23H36N4O3S. The van der Waals surface area contributed by atoms with E-state index in [0.717, 1.165) is 63.8 Å². The van der Waals surface area contributed by atoms with Crippen LogP contribution in [0.25, 0.3) is 0 Å². The van der Waals surface area contributed by atoms with Gasteiger partial charge in [-0.05, 0) is 23.7 Å². The number of thiazole rings is 1. The van der Waals surface area contributed by atoms with Gasteiger partial charge in [-0.3, -0.25) is 14.5 Å². The zero-order valence-corrected chi connectivity index (χ0v) is 20.1. The number of nitrogens with one attached hydrogen (secondary N) is 1. The number of nitrogens with zero attached hydrogens (tertiary/aromatic N) is 3. The standard InChI is InChI=1S/C23H36N4O3S/c1-22(2)18(23(22,3)4)21(29)27-8-5-16(6-9-27)20-25-17(15-31-20)19(28)24-7-10-26-11-13-30-14-12-26/h15-16,18H,5-14H2,1-4H3,(H,24,28). The van der Waals surface area contributed by atoms with Crippen molar-refractivity contribution in [1.29, 1.82) is 0 Å². The molecule has 2 aliphatic heterocycles. The van der Waals surface area contributed by atoms with Gasteiger partial charge in [0.25, 0.3) is 5.91 Å². The molecule has 1 aromatic rings. The van der Waals surface area contributed by atoms with Crippen molar-refractivity contribution in [2.75, 3.05) is 52.5 Å². The Kier molecular flexibility index (Phi) is 6.43. The third kappa shape index (κ3) is 4.52. The molecule has 0 atom stereocenters. The number of hydrogen-bond acceptors (Lipinski definition) is 6. The Morgan fingerprint density at radius 1 is 1.13 bits per heavy atom. The van der Waals surface area contributed by atoms with E-state index in [0.29, 0.717) is 24.1 Å². The number of piperidine rings is 1. The highest BCUT2D eigenvalue weighted by Gasteiger charge is 2.68. The molecule has 1 aromatic heterocycles. The smallest absolute Gasteiger partial charge is 0.270 e. The molecule has 3 heterocycles. The lowest BCUT2D eigenvalue weighted by Crippen LogP contribution is -2.41. The van der Waals surface area contributed by atoms with Crippen LogP contribution in [0.3, 0.4) is 0 Å². The van der Waals surface area contributed by atoms with Crippen molar-refractivity contribution in [1.82, 2.24) is 20.1 Å². The Balaban J connectivity index is 1.23. The Hall–Kier alpha value is -1.51. The minimum Gasteiger partial charge on any atom is -0.379 e. The third-order valence-electron chi connectivity index (χ3n) is 8.00. The van der Waals surface area contributed by atoms with Gasteiger partial charge in [0.1, 0.15) is 5.69 Å². The molecule has 0 unspecified atom stereocenters. The second kappa shape index (κ2) is 8.79. The minimum absolute atomic E-state index is 0.0836. The highest BCUT2D eigenvalue weighted by molar-refractivity contribution is 7.09. The summed E-state index contributed by atoms with van der Waals surface area (Å²) in [6, 6.07) is 0. The zero-order valence-electron chi connectivity index (χ0n) is 19.3. The highest BCUT2D eigenvalue weighted by atomic mass is 32.1. The molecule has 0 spiro atoms. The average Bonchev–Trinajstić information content (AvgIpc) is 3.09. The molecule has 0 aromatic carbocycles. The summed E-state index contributed by atoms with van der Waals surface area (Å²) >= 11 is 1.57. The molecule has 3 fully saturated rings. The molecule has 172 valence electrons. The number of aromatic nitrogens is 1. The summed E-state index contributed by atoms with van der Waals surface area (Å²) in [5.74, 6) is 0.683. The normalized spacial score (nSPS) is 24.2. The van der Waals surface area contributed by atoms with Crippen LogP contribution in [0.15, 0.2) is 5.38 Å². The molecule has 31 heavy (non-hydrogen) atoms. The summed E-state index contributed by atoms with van der Waals surface area (Å²) in [5.41, 5.74) is 0.683. The minimum atomic E-state index is -0.0958. The van der Waals surface area contributed by atoms with Gasteiger partial charge in [0, 0.05) is 56.5 Å². The lowest BCUT2D eigenvalue weighted by molar-refractivity contribution is -0.134. The summed E-state index contributed by atoms with van der Waals surface area (Å²) < 4.78 is 5.35. The number of carbonyl (C=O) groups is 2. The van der Waals surface area contributed by atoms with E-state index in [1.807, 2.05) is 10.3 Å². The first-order chi connectivity index (χ1) is 14.7. The molecular weight excluding hydrogens is 412 g/mol. The van der Waals surface area contributed by atoms with Gasteiger partial charge in [-0.1, -0.05) is 27.7 Å². The van der Waals surface area contributed by atoms with Crippen LogP contribution in [0.5, 0.6) is 0 Å². The van der Waals surface area contributed by atoms with Gasteiger partial charge in [-0.25, -0.2) is 4.98 Å². The van der Waals surface area contributed by atoms with E-state index in [1.165, 1.54) is 0 Å². The van der Waals surface area contributed by atoms with Gasteiger partial charge < -0.3 is 15.0 Å². The summed E-state index contributed by atoms with van der Waals surface area (Å²) in [7, 11) is 0. The number of hydrogen-bond donors (Lipinski definition) is 1.